The third-order valence-corrected chi connectivity index (χ3v) is 3.67. The topological polar surface area (TPSA) is 4.93 Å². The molecule has 1 nitrogen and oxygen atoms in total. The first-order valence-corrected chi connectivity index (χ1v) is 6.50. The van der Waals surface area contributed by atoms with Crippen LogP contribution < -0.4 is 0 Å². The highest BCUT2D eigenvalue weighted by atomic mass is 32.2. The maximum atomic E-state index is 2.26. The van der Waals surface area contributed by atoms with E-state index < -0.39 is 0 Å². The second-order valence-corrected chi connectivity index (χ2v) is 5.15. The van der Waals surface area contributed by atoms with E-state index in [1.165, 1.54) is 27.8 Å². The molecule has 1 heterocycles. The summed E-state index contributed by atoms with van der Waals surface area (Å²) in [6.07, 6.45) is 2.26. The summed E-state index contributed by atoms with van der Waals surface area (Å²) in [4.78, 5) is 0. The van der Waals surface area contributed by atoms with Crippen molar-refractivity contribution in [2.75, 3.05) is 5.75 Å². The first-order valence-electron chi connectivity index (χ1n) is 5.35. The number of rotatable bonds is 3. The number of hydrogen-bond acceptors (Lipinski definition) is 1. The molecule has 0 aliphatic heterocycles. The molecule has 2 aromatic rings. The van der Waals surface area contributed by atoms with Crippen molar-refractivity contribution in [2.45, 2.75) is 19.6 Å². The summed E-state index contributed by atoms with van der Waals surface area (Å²) in [7, 11) is 2.13. The van der Waals surface area contributed by atoms with Crippen LogP contribution in [0, 0.1) is 6.92 Å². The molecule has 0 aliphatic carbocycles. The van der Waals surface area contributed by atoms with Crippen molar-refractivity contribution in [1.82, 2.24) is 4.57 Å². The van der Waals surface area contributed by atoms with Crippen LogP contribution >= 0.6 is 11.8 Å². The van der Waals surface area contributed by atoms with Gasteiger partial charge in [-0.05, 0) is 23.8 Å². The lowest BCUT2D eigenvalue weighted by Gasteiger charge is -2.00. The van der Waals surface area contributed by atoms with Gasteiger partial charge in [0.05, 0.1) is 5.52 Å². The highest BCUT2D eigenvalue weighted by Gasteiger charge is 2.07. The van der Waals surface area contributed by atoms with Crippen LogP contribution in [0.4, 0.5) is 0 Å². The Hall–Kier alpha value is -0.890. The zero-order valence-electron chi connectivity index (χ0n) is 9.58. The minimum absolute atomic E-state index is 1.12. The minimum atomic E-state index is 1.12. The molecule has 0 amide bonds. The van der Waals surface area contributed by atoms with Gasteiger partial charge in [0.15, 0.2) is 0 Å². The SMILES string of the molecule is CCSCc1cn(C)c2c(C)cccc12. The Balaban J connectivity index is 2.53. The number of aryl methyl sites for hydroxylation is 2. The fourth-order valence-electron chi connectivity index (χ4n) is 2.08. The van der Waals surface area contributed by atoms with E-state index in [1.807, 2.05) is 11.8 Å². The first-order chi connectivity index (χ1) is 7.24. The maximum Gasteiger partial charge on any atom is 0.0510 e. The van der Waals surface area contributed by atoms with Gasteiger partial charge in [-0.25, -0.2) is 0 Å². The molecule has 0 bridgehead atoms. The number of benzene rings is 1. The van der Waals surface area contributed by atoms with Gasteiger partial charge in [-0.3, -0.25) is 0 Å². The van der Waals surface area contributed by atoms with Crippen molar-refractivity contribution in [3.05, 3.63) is 35.5 Å². The Bertz CT molecular complexity index is 471. The summed E-state index contributed by atoms with van der Waals surface area (Å²) < 4.78 is 2.25. The van der Waals surface area contributed by atoms with E-state index in [9.17, 15) is 0 Å². The Morgan fingerprint density at radius 1 is 1.33 bits per heavy atom. The lowest BCUT2D eigenvalue weighted by molar-refractivity contribution is 0.958. The van der Waals surface area contributed by atoms with Crippen LogP contribution in [0.15, 0.2) is 24.4 Å². The molecule has 80 valence electrons. The molecular weight excluding hydrogens is 202 g/mol. The maximum absolute atomic E-state index is 2.26. The lowest BCUT2D eigenvalue weighted by atomic mass is 10.1. The summed E-state index contributed by atoms with van der Waals surface area (Å²) in [5.41, 5.74) is 4.20. The predicted octanol–water partition coefficient (Wildman–Crippen LogP) is 3.74. The van der Waals surface area contributed by atoms with Gasteiger partial charge in [-0.15, -0.1) is 0 Å². The summed E-state index contributed by atoms with van der Waals surface area (Å²) in [6.45, 7) is 4.39. The second kappa shape index (κ2) is 4.31. The summed E-state index contributed by atoms with van der Waals surface area (Å²) in [5.74, 6) is 2.31. The van der Waals surface area contributed by atoms with Crippen LogP contribution in [-0.2, 0) is 12.8 Å². The standard InChI is InChI=1S/C13H17NS/c1-4-15-9-11-8-14(3)13-10(2)6-5-7-12(11)13/h5-8H,4,9H2,1-3H3. The first kappa shape index (κ1) is 10.6. The van der Waals surface area contributed by atoms with Gasteiger partial charge in [0.25, 0.3) is 0 Å². The molecule has 0 unspecified atom stereocenters. The van der Waals surface area contributed by atoms with Gasteiger partial charge in [-0.1, -0.05) is 25.1 Å². The summed E-state index contributed by atoms with van der Waals surface area (Å²) in [5, 5.41) is 1.42. The third kappa shape index (κ3) is 1.91. The van der Waals surface area contributed by atoms with Gasteiger partial charge in [0, 0.05) is 24.4 Å². The Kier molecular flexibility index (Phi) is 3.06. The fraction of sp³-hybridized carbons (Fsp3) is 0.385. The Morgan fingerprint density at radius 2 is 2.13 bits per heavy atom. The number of thioether (sulfide) groups is 1. The monoisotopic (exact) mass is 219 g/mol. The largest absolute Gasteiger partial charge is 0.350 e. The predicted molar refractivity (Wildman–Crippen MR) is 69.5 cm³/mol. The Morgan fingerprint density at radius 3 is 2.87 bits per heavy atom. The van der Waals surface area contributed by atoms with E-state index in [1.54, 1.807) is 0 Å². The molecule has 0 saturated heterocycles. The normalized spacial score (nSPS) is 11.1. The van der Waals surface area contributed by atoms with E-state index in [4.69, 9.17) is 0 Å². The van der Waals surface area contributed by atoms with Crippen molar-refractivity contribution < 1.29 is 0 Å². The van der Waals surface area contributed by atoms with Gasteiger partial charge < -0.3 is 4.57 Å². The average molecular weight is 219 g/mol. The minimum Gasteiger partial charge on any atom is -0.350 e. The Labute approximate surface area is 95.5 Å². The fourth-order valence-corrected chi connectivity index (χ4v) is 2.74. The molecule has 15 heavy (non-hydrogen) atoms. The van der Waals surface area contributed by atoms with E-state index >= 15 is 0 Å². The van der Waals surface area contributed by atoms with Crippen LogP contribution in [0.5, 0.6) is 0 Å². The van der Waals surface area contributed by atoms with Crippen molar-refractivity contribution >= 4 is 22.7 Å². The van der Waals surface area contributed by atoms with Crippen LogP contribution in [0.25, 0.3) is 10.9 Å². The highest BCUT2D eigenvalue weighted by Crippen LogP contribution is 2.26. The van der Waals surface area contributed by atoms with Crippen molar-refractivity contribution in [1.29, 1.82) is 0 Å². The van der Waals surface area contributed by atoms with E-state index in [0.29, 0.717) is 0 Å². The van der Waals surface area contributed by atoms with Gasteiger partial charge >= 0.3 is 0 Å². The highest BCUT2D eigenvalue weighted by molar-refractivity contribution is 7.98. The van der Waals surface area contributed by atoms with Gasteiger partial charge in [0.2, 0.25) is 0 Å². The van der Waals surface area contributed by atoms with Crippen molar-refractivity contribution in [3.63, 3.8) is 0 Å². The van der Waals surface area contributed by atoms with Crippen LogP contribution in [0.1, 0.15) is 18.1 Å². The third-order valence-electron chi connectivity index (χ3n) is 2.75. The van der Waals surface area contributed by atoms with E-state index in [0.717, 1.165) is 5.75 Å². The summed E-state index contributed by atoms with van der Waals surface area (Å²) >= 11 is 1.98. The molecular formula is C13H17NS. The number of hydrogen-bond donors (Lipinski definition) is 0. The molecule has 0 radical (unpaired) electrons. The molecule has 1 aromatic carbocycles. The quantitative estimate of drug-likeness (QED) is 0.761. The van der Waals surface area contributed by atoms with Crippen LogP contribution in [-0.4, -0.2) is 10.3 Å². The summed E-state index contributed by atoms with van der Waals surface area (Å²) in [6, 6.07) is 6.56. The lowest BCUT2D eigenvalue weighted by Crippen LogP contribution is -1.86. The van der Waals surface area contributed by atoms with Gasteiger partial charge in [0.1, 0.15) is 0 Å². The zero-order chi connectivity index (χ0) is 10.8. The second-order valence-electron chi connectivity index (χ2n) is 3.87. The van der Waals surface area contributed by atoms with Crippen LogP contribution in [0.3, 0.4) is 0 Å². The van der Waals surface area contributed by atoms with Gasteiger partial charge in [-0.2, -0.15) is 11.8 Å². The zero-order valence-corrected chi connectivity index (χ0v) is 10.4. The van der Waals surface area contributed by atoms with Crippen molar-refractivity contribution in [2.24, 2.45) is 7.05 Å². The molecule has 0 N–H and O–H groups in total. The number of nitrogens with zero attached hydrogens (tertiary/aromatic N) is 1. The van der Waals surface area contributed by atoms with E-state index in [-0.39, 0.29) is 0 Å². The molecule has 1 aromatic heterocycles. The average Bonchev–Trinajstić information content (AvgIpc) is 2.54. The molecule has 0 atom stereocenters. The molecule has 2 heteroatoms. The number of aromatic nitrogens is 1. The number of para-hydroxylation sites is 1. The molecule has 2 rings (SSSR count). The van der Waals surface area contributed by atoms with Crippen molar-refractivity contribution in [3.8, 4) is 0 Å². The smallest absolute Gasteiger partial charge is 0.0510 e. The molecule has 0 aliphatic rings. The molecule has 0 fully saturated rings. The van der Waals surface area contributed by atoms with Crippen LogP contribution in [0.2, 0.25) is 0 Å². The molecule has 0 spiro atoms. The number of fused-ring (bicyclic) bond motifs is 1. The van der Waals surface area contributed by atoms with E-state index in [2.05, 4.69) is 49.9 Å². The molecule has 0 saturated carbocycles.